The van der Waals surface area contributed by atoms with Crippen LogP contribution in [0, 0.1) is 0 Å². The quantitative estimate of drug-likeness (QED) is 0.803. The Labute approximate surface area is 119 Å². The molecule has 106 valence electrons. The Kier molecular flexibility index (Phi) is 4.74. The molecule has 1 saturated heterocycles. The minimum absolute atomic E-state index is 0.277. The number of halogens is 1. The van der Waals surface area contributed by atoms with Crippen LogP contribution in [0.25, 0.3) is 0 Å². The van der Waals surface area contributed by atoms with Crippen molar-refractivity contribution >= 4 is 21.4 Å². The predicted molar refractivity (Wildman–Crippen MR) is 77.8 cm³/mol. The van der Waals surface area contributed by atoms with Crippen LogP contribution < -0.4 is 4.74 Å². The average molecular weight is 303 g/mol. The molecule has 1 aromatic carbocycles. The van der Waals surface area contributed by atoms with Crippen molar-refractivity contribution in [3.05, 3.63) is 29.8 Å². The van der Waals surface area contributed by atoms with Gasteiger partial charge in [-0.05, 0) is 37.0 Å². The van der Waals surface area contributed by atoms with E-state index in [4.69, 9.17) is 16.3 Å². The van der Waals surface area contributed by atoms with Crippen molar-refractivity contribution in [1.29, 1.82) is 0 Å². The number of rotatable bonds is 4. The number of ether oxygens (including phenoxy) is 1. The van der Waals surface area contributed by atoms with Crippen LogP contribution in [-0.4, -0.2) is 31.9 Å². The zero-order chi connectivity index (χ0) is 13.9. The maximum absolute atomic E-state index is 12.0. The zero-order valence-electron chi connectivity index (χ0n) is 11.0. The zero-order valence-corrected chi connectivity index (χ0v) is 12.6. The summed E-state index contributed by atoms with van der Waals surface area (Å²) in [5.41, 5.74) is 1.01. The smallest absolute Gasteiger partial charge is 0.154 e. The molecule has 19 heavy (non-hydrogen) atoms. The molecule has 0 aromatic heterocycles. The van der Waals surface area contributed by atoms with Gasteiger partial charge in [0, 0.05) is 0 Å². The van der Waals surface area contributed by atoms with Gasteiger partial charge in [0.05, 0.1) is 23.5 Å². The Balaban J connectivity index is 2.09. The molecule has 1 aliphatic rings. The van der Waals surface area contributed by atoms with Crippen molar-refractivity contribution in [2.45, 2.75) is 36.3 Å². The first-order valence-corrected chi connectivity index (χ1v) is 8.66. The summed E-state index contributed by atoms with van der Waals surface area (Å²) in [4.78, 5) is 0. The van der Waals surface area contributed by atoms with Crippen LogP contribution in [0.2, 0.25) is 0 Å². The van der Waals surface area contributed by atoms with Gasteiger partial charge in [0.2, 0.25) is 0 Å². The minimum atomic E-state index is -3.02. The van der Waals surface area contributed by atoms with Gasteiger partial charge in [-0.2, -0.15) is 0 Å². The fourth-order valence-electron chi connectivity index (χ4n) is 2.54. The molecule has 0 bridgehead atoms. The van der Waals surface area contributed by atoms with Gasteiger partial charge in [-0.3, -0.25) is 0 Å². The number of hydrogen-bond donors (Lipinski definition) is 0. The second-order valence-electron chi connectivity index (χ2n) is 4.97. The molecular formula is C14H19ClO3S. The topological polar surface area (TPSA) is 43.4 Å². The second-order valence-corrected chi connectivity index (χ2v) is 7.87. The van der Waals surface area contributed by atoms with Crippen LogP contribution in [0.3, 0.4) is 0 Å². The van der Waals surface area contributed by atoms with E-state index in [9.17, 15) is 8.42 Å². The van der Waals surface area contributed by atoms with Crippen LogP contribution >= 0.6 is 11.6 Å². The standard InChI is InChI=1S/C14H19ClO3S/c1-18-12-6-4-5-11(9-12)10-13(15)14-7-2-3-8-19(14,16)17/h4-6,9,13-14H,2-3,7-8,10H2,1H3. The van der Waals surface area contributed by atoms with E-state index < -0.39 is 15.1 Å². The highest BCUT2D eigenvalue weighted by molar-refractivity contribution is 7.92. The molecule has 0 saturated carbocycles. The largest absolute Gasteiger partial charge is 0.497 e. The third kappa shape index (κ3) is 3.63. The van der Waals surface area contributed by atoms with Crippen LogP contribution in [0.1, 0.15) is 24.8 Å². The Hall–Kier alpha value is -0.740. The minimum Gasteiger partial charge on any atom is -0.497 e. The summed E-state index contributed by atoms with van der Waals surface area (Å²) in [7, 11) is -1.41. The van der Waals surface area contributed by atoms with Crippen molar-refractivity contribution in [2.24, 2.45) is 0 Å². The Morgan fingerprint density at radius 1 is 1.42 bits per heavy atom. The van der Waals surface area contributed by atoms with Crippen molar-refractivity contribution in [3.8, 4) is 5.75 Å². The van der Waals surface area contributed by atoms with E-state index in [0.717, 1.165) is 24.2 Å². The van der Waals surface area contributed by atoms with Gasteiger partial charge in [0.25, 0.3) is 0 Å². The highest BCUT2D eigenvalue weighted by Gasteiger charge is 2.34. The molecule has 1 fully saturated rings. The highest BCUT2D eigenvalue weighted by atomic mass is 35.5. The summed E-state index contributed by atoms with van der Waals surface area (Å²) in [6, 6.07) is 7.62. The lowest BCUT2D eigenvalue weighted by Crippen LogP contribution is -2.36. The molecular weight excluding hydrogens is 284 g/mol. The van der Waals surface area contributed by atoms with Gasteiger partial charge in [0.15, 0.2) is 9.84 Å². The van der Waals surface area contributed by atoms with Gasteiger partial charge >= 0.3 is 0 Å². The van der Waals surface area contributed by atoms with Gasteiger partial charge in [-0.1, -0.05) is 18.6 Å². The molecule has 2 rings (SSSR count). The summed E-state index contributed by atoms with van der Waals surface area (Å²) in [5.74, 6) is 1.05. The lowest BCUT2D eigenvalue weighted by molar-refractivity contribution is 0.414. The van der Waals surface area contributed by atoms with Crippen molar-refractivity contribution in [1.82, 2.24) is 0 Å². The molecule has 0 spiro atoms. The molecule has 3 nitrogen and oxygen atoms in total. The number of benzene rings is 1. The number of alkyl halides is 1. The third-order valence-electron chi connectivity index (χ3n) is 3.60. The molecule has 1 aromatic rings. The molecule has 2 unspecified atom stereocenters. The van der Waals surface area contributed by atoms with E-state index >= 15 is 0 Å². The van der Waals surface area contributed by atoms with Gasteiger partial charge in [-0.25, -0.2) is 8.42 Å². The predicted octanol–water partition coefficient (Wildman–Crippen LogP) is 2.81. The second kappa shape index (κ2) is 6.14. The first-order chi connectivity index (χ1) is 9.03. The fraction of sp³-hybridized carbons (Fsp3) is 0.571. The number of hydrogen-bond acceptors (Lipinski definition) is 3. The maximum atomic E-state index is 12.0. The summed E-state index contributed by atoms with van der Waals surface area (Å²) in [5, 5.41) is -0.772. The summed E-state index contributed by atoms with van der Waals surface area (Å²) >= 11 is 6.35. The first kappa shape index (κ1) is 14.7. The summed E-state index contributed by atoms with van der Waals surface area (Å²) in [6.07, 6.45) is 2.95. The maximum Gasteiger partial charge on any atom is 0.154 e. The third-order valence-corrected chi connectivity index (χ3v) is 6.55. The molecule has 0 amide bonds. The molecule has 1 heterocycles. The van der Waals surface area contributed by atoms with E-state index in [1.807, 2.05) is 24.3 Å². The van der Waals surface area contributed by atoms with Crippen LogP contribution in [-0.2, 0) is 16.3 Å². The van der Waals surface area contributed by atoms with Crippen LogP contribution in [0.4, 0.5) is 0 Å². The highest BCUT2D eigenvalue weighted by Crippen LogP contribution is 2.28. The number of sulfone groups is 1. The van der Waals surface area contributed by atoms with E-state index in [2.05, 4.69) is 0 Å². The Morgan fingerprint density at radius 3 is 2.89 bits per heavy atom. The van der Waals surface area contributed by atoms with E-state index in [1.54, 1.807) is 7.11 Å². The molecule has 0 aliphatic carbocycles. The van der Waals surface area contributed by atoms with Crippen molar-refractivity contribution in [3.63, 3.8) is 0 Å². The van der Waals surface area contributed by atoms with Gasteiger partial charge in [-0.15, -0.1) is 11.6 Å². The number of methoxy groups -OCH3 is 1. The molecule has 2 atom stereocenters. The molecule has 1 aliphatic heterocycles. The van der Waals surface area contributed by atoms with E-state index in [1.165, 1.54) is 0 Å². The van der Waals surface area contributed by atoms with Gasteiger partial charge in [0.1, 0.15) is 5.75 Å². The average Bonchev–Trinajstić information content (AvgIpc) is 2.38. The van der Waals surface area contributed by atoms with Gasteiger partial charge < -0.3 is 4.74 Å². The van der Waals surface area contributed by atoms with Crippen LogP contribution in [0.15, 0.2) is 24.3 Å². The Bertz CT molecular complexity index is 527. The lowest BCUT2D eigenvalue weighted by Gasteiger charge is -2.26. The van der Waals surface area contributed by atoms with E-state index in [0.29, 0.717) is 12.8 Å². The lowest BCUT2D eigenvalue weighted by atomic mass is 10.0. The summed E-state index contributed by atoms with van der Waals surface area (Å²) in [6.45, 7) is 0. The van der Waals surface area contributed by atoms with Crippen molar-refractivity contribution in [2.75, 3.05) is 12.9 Å². The van der Waals surface area contributed by atoms with E-state index in [-0.39, 0.29) is 11.1 Å². The summed E-state index contributed by atoms with van der Waals surface area (Å²) < 4.78 is 29.2. The molecule has 0 N–H and O–H groups in total. The van der Waals surface area contributed by atoms with Crippen molar-refractivity contribution < 1.29 is 13.2 Å². The SMILES string of the molecule is COc1cccc(CC(Cl)C2CCCCS2(=O)=O)c1. The molecule has 0 radical (unpaired) electrons. The first-order valence-electron chi connectivity index (χ1n) is 6.51. The normalized spacial score (nSPS) is 23.8. The molecule has 5 heteroatoms. The van der Waals surface area contributed by atoms with Crippen LogP contribution in [0.5, 0.6) is 5.75 Å². The monoisotopic (exact) mass is 302 g/mol. The fourth-order valence-corrected chi connectivity index (χ4v) is 5.30. The Morgan fingerprint density at radius 2 is 2.21 bits per heavy atom.